The summed E-state index contributed by atoms with van der Waals surface area (Å²) in [6.07, 6.45) is 9.73. The van der Waals surface area contributed by atoms with Gasteiger partial charge in [-0.05, 0) is 6.42 Å². The molecule has 1 aliphatic heterocycles. The number of rotatable bonds is 16. The van der Waals surface area contributed by atoms with Crippen LogP contribution in [0.1, 0.15) is 64.7 Å². The molecule has 0 radical (unpaired) electrons. The van der Waals surface area contributed by atoms with Crippen molar-refractivity contribution in [3.8, 4) is 0 Å². The summed E-state index contributed by atoms with van der Waals surface area (Å²) in [7, 11) is 4.89. The molecular formula is C20H40O6. The lowest BCUT2D eigenvalue weighted by Crippen LogP contribution is -2.42. The van der Waals surface area contributed by atoms with E-state index in [0.717, 1.165) is 12.8 Å². The summed E-state index contributed by atoms with van der Waals surface area (Å²) in [5.74, 6) is 0. The zero-order chi connectivity index (χ0) is 19.2. The molecule has 1 heterocycles. The number of hydrogen-bond acceptors (Lipinski definition) is 6. The lowest BCUT2D eigenvalue weighted by molar-refractivity contribution is -0.148. The van der Waals surface area contributed by atoms with Crippen molar-refractivity contribution in [1.82, 2.24) is 0 Å². The van der Waals surface area contributed by atoms with Crippen molar-refractivity contribution < 1.29 is 28.8 Å². The first-order valence-electron chi connectivity index (χ1n) is 10.2. The number of unbranched alkanes of at least 4 members (excludes halogenated alkanes) is 7. The van der Waals surface area contributed by atoms with Crippen molar-refractivity contribution in [3.63, 3.8) is 0 Å². The van der Waals surface area contributed by atoms with Gasteiger partial charge in [0.25, 0.3) is 0 Å². The molecule has 1 aliphatic rings. The highest BCUT2D eigenvalue weighted by molar-refractivity contribution is 4.96. The van der Waals surface area contributed by atoms with Gasteiger partial charge in [0.1, 0.15) is 31.2 Å². The third-order valence-electron chi connectivity index (χ3n) is 5.18. The Morgan fingerprint density at radius 2 is 1.50 bits per heavy atom. The average Bonchev–Trinajstić information content (AvgIpc) is 3.03. The van der Waals surface area contributed by atoms with Crippen molar-refractivity contribution in [2.45, 2.75) is 95.2 Å². The fraction of sp³-hybridized carbons (Fsp3) is 1.00. The smallest absolute Gasteiger partial charge is 0.146 e. The Balaban J connectivity index is 2.46. The van der Waals surface area contributed by atoms with E-state index in [4.69, 9.17) is 23.7 Å². The number of ether oxygens (including phenoxy) is 5. The van der Waals surface area contributed by atoms with Crippen LogP contribution >= 0.6 is 0 Å². The molecule has 0 bridgehead atoms. The topological polar surface area (TPSA) is 66.4 Å². The van der Waals surface area contributed by atoms with Crippen LogP contribution in [0.15, 0.2) is 0 Å². The highest BCUT2D eigenvalue weighted by Crippen LogP contribution is 2.31. The Hall–Kier alpha value is -0.240. The van der Waals surface area contributed by atoms with Gasteiger partial charge in [0.15, 0.2) is 0 Å². The first-order valence-corrected chi connectivity index (χ1v) is 10.2. The van der Waals surface area contributed by atoms with E-state index < -0.39 is 0 Å². The van der Waals surface area contributed by atoms with Crippen LogP contribution in [-0.2, 0) is 23.7 Å². The van der Waals surface area contributed by atoms with Gasteiger partial charge in [-0.3, -0.25) is 0 Å². The first-order chi connectivity index (χ1) is 12.7. The van der Waals surface area contributed by atoms with E-state index >= 15 is 0 Å². The zero-order valence-corrected chi connectivity index (χ0v) is 17.2. The molecule has 26 heavy (non-hydrogen) atoms. The standard InChI is InChI=1S/C20H40O6/c1-5-6-7-8-9-10-11-12-13-16(25-15-22-2)19-20(24-4)18(23-3)17(14-21)26-19/h16-21H,5-15H2,1-4H3/t16-,17+,18-,19+,20+/m1/s1. The van der Waals surface area contributed by atoms with Crippen LogP contribution in [0.2, 0.25) is 0 Å². The largest absolute Gasteiger partial charge is 0.394 e. The molecule has 0 aliphatic carbocycles. The number of aliphatic hydroxyl groups excluding tert-OH is 1. The lowest BCUT2D eigenvalue weighted by Gasteiger charge is -2.28. The summed E-state index contributed by atoms with van der Waals surface area (Å²) in [4.78, 5) is 0. The molecular weight excluding hydrogens is 336 g/mol. The van der Waals surface area contributed by atoms with Crippen molar-refractivity contribution in [2.75, 3.05) is 34.7 Å². The van der Waals surface area contributed by atoms with E-state index in [1.165, 1.54) is 44.9 Å². The van der Waals surface area contributed by atoms with Gasteiger partial charge in [0.05, 0.1) is 12.7 Å². The van der Waals surface area contributed by atoms with Crippen LogP contribution in [0.5, 0.6) is 0 Å². The van der Waals surface area contributed by atoms with E-state index in [-0.39, 0.29) is 43.9 Å². The minimum absolute atomic E-state index is 0.0936. The second kappa shape index (κ2) is 14.8. The van der Waals surface area contributed by atoms with Crippen LogP contribution in [0, 0.1) is 0 Å². The average molecular weight is 377 g/mol. The predicted molar refractivity (Wildman–Crippen MR) is 101 cm³/mol. The molecule has 0 amide bonds. The summed E-state index contributed by atoms with van der Waals surface area (Å²) in [6, 6.07) is 0. The molecule has 5 atom stereocenters. The van der Waals surface area contributed by atoms with E-state index in [0.29, 0.717) is 0 Å². The minimum Gasteiger partial charge on any atom is -0.394 e. The molecule has 156 valence electrons. The lowest BCUT2D eigenvalue weighted by atomic mass is 9.98. The van der Waals surface area contributed by atoms with E-state index in [1.807, 2.05) is 0 Å². The molecule has 0 unspecified atom stereocenters. The molecule has 1 N–H and O–H groups in total. The number of aliphatic hydroxyl groups is 1. The Morgan fingerprint density at radius 1 is 0.885 bits per heavy atom. The Morgan fingerprint density at radius 3 is 2.04 bits per heavy atom. The van der Waals surface area contributed by atoms with Gasteiger partial charge in [0, 0.05) is 21.3 Å². The molecule has 0 aromatic heterocycles. The second-order valence-electron chi connectivity index (χ2n) is 7.10. The molecule has 6 heteroatoms. The molecule has 0 saturated carbocycles. The van der Waals surface area contributed by atoms with Gasteiger partial charge < -0.3 is 28.8 Å². The molecule has 0 spiro atoms. The fourth-order valence-electron chi connectivity index (χ4n) is 3.73. The normalized spacial score (nSPS) is 27.1. The van der Waals surface area contributed by atoms with Gasteiger partial charge in [-0.1, -0.05) is 58.3 Å². The van der Waals surface area contributed by atoms with Crippen LogP contribution in [-0.4, -0.2) is 70.4 Å². The maximum atomic E-state index is 9.57. The van der Waals surface area contributed by atoms with Crippen LogP contribution in [0.3, 0.4) is 0 Å². The van der Waals surface area contributed by atoms with Crippen LogP contribution < -0.4 is 0 Å². The molecule has 1 fully saturated rings. The van der Waals surface area contributed by atoms with E-state index in [2.05, 4.69) is 6.92 Å². The summed E-state index contributed by atoms with van der Waals surface area (Å²) in [5.41, 5.74) is 0. The molecule has 1 rings (SSSR count). The van der Waals surface area contributed by atoms with Gasteiger partial charge >= 0.3 is 0 Å². The van der Waals surface area contributed by atoms with Crippen molar-refractivity contribution in [2.24, 2.45) is 0 Å². The fourth-order valence-corrected chi connectivity index (χ4v) is 3.73. The monoisotopic (exact) mass is 376 g/mol. The molecule has 0 aromatic carbocycles. The van der Waals surface area contributed by atoms with Crippen LogP contribution in [0.4, 0.5) is 0 Å². The Bertz CT molecular complexity index is 327. The SMILES string of the molecule is CCCCCCCCCC[C@@H](OCOC)[C@@H]1O[C@@H](CO)[C@@H](OC)[C@@H]1OC. The van der Waals surface area contributed by atoms with Crippen molar-refractivity contribution in [1.29, 1.82) is 0 Å². The van der Waals surface area contributed by atoms with Gasteiger partial charge in [0.2, 0.25) is 0 Å². The summed E-state index contributed by atoms with van der Waals surface area (Å²) >= 11 is 0. The maximum absolute atomic E-state index is 9.57. The first kappa shape index (κ1) is 23.8. The van der Waals surface area contributed by atoms with Gasteiger partial charge in [-0.2, -0.15) is 0 Å². The highest BCUT2D eigenvalue weighted by atomic mass is 16.7. The highest BCUT2D eigenvalue weighted by Gasteiger charge is 2.48. The number of hydrogen-bond donors (Lipinski definition) is 1. The Labute approximate surface area is 159 Å². The summed E-state index contributed by atoms with van der Waals surface area (Å²) in [6.45, 7) is 2.37. The molecule has 1 saturated heterocycles. The van der Waals surface area contributed by atoms with Gasteiger partial charge in [-0.15, -0.1) is 0 Å². The summed E-state index contributed by atoms with van der Waals surface area (Å²) in [5, 5.41) is 9.57. The van der Waals surface area contributed by atoms with E-state index in [9.17, 15) is 5.11 Å². The summed E-state index contributed by atoms with van der Waals surface area (Å²) < 4.78 is 28.1. The van der Waals surface area contributed by atoms with Gasteiger partial charge in [-0.25, -0.2) is 0 Å². The molecule has 0 aromatic rings. The third kappa shape index (κ3) is 7.79. The Kier molecular flexibility index (Phi) is 13.5. The predicted octanol–water partition coefficient (Wildman–Crippen LogP) is 3.30. The quantitative estimate of drug-likeness (QED) is 0.329. The third-order valence-corrected chi connectivity index (χ3v) is 5.18. The van der Waals surface area contributed by atoms with Crippen LogP contribution in [0.25, 0.3) is 0 Å². The molecule has 6 nitrogen and oxygen atoms in total. The van der Waals surface area contributed by atoms with E-state index in [1.54, 1.807) is 21.3 Å². The second-order valence-corrected chi connectivity index (χ2v) is 7.10. The maximum Gasteiger partial charge on any atom is 0.146 e. The number of methoxy groups -OCH3 is 3. The van der Waals surface area contributed by atoms with Crippen molar-refractivity contribution >= 4 is 0 Å². The zero-order valence-electron chi connectivity index (χ0n) is 17.2. The van der Waals surface area contributed by atoms with Crippen molar-refractivity contribution in [3.05, 3.63) is 0 Å². The minimum atomic E-state index is -0.387.